The normalized spacial score (nSPS) is 12.5. The highest BCUT2D eigenvalue weighted by atomic mass is 32.2. The lowest BCUT2D eigenvalue weighted by Crippen LogP contribution is -2.30. The molecule has 11 heteroatoms. The Morgan fingerprint density at radius 1 is 1.12 bits per heavy atom. The number of nitrogens with one attached hydrogen (secondary N) is 1. The molecule has 0 radical (unpaired) electrons. The van der Waals surface area contributed by atoms with Crippen molar-refractivity contribution in [1.29, 1.82) is 0 Å². The molecule has 2 aromatic rings. The lowest BCUT2D eigenvalue weighted by molar-refractivity contribution is 0.445. The van der Waals surface area contributed by atoms with Gasteiger partial charge >= 0.3 is 0 Å². The number of hydrogen-bond acceptors (Lipinski definition) is 7. The standard InChI is InChI=1S/C14H20N4O4S3/c1-3-18(4-2)25(21,22)12-6-7-13(17-10-12)16-9-11-5-8-14(23-11)24(15,19)20/h5-8,10H,3-4,9H2,1-2H3,(H,16,17)(H2,15,19,20). The minimum Gasteiger partial charge on any atom is -0.365 e. The van der Waals surface area contributed by atoms with Gasteiger partial charge in [0.05, 0.1) is 6.54 Å². The lowest BCUT2D eigenvalue weighted by Gasteiger charge is -2.18. The summed E-state index contributed by atoms with van der Waals surface area (Å²) in [5, 5.41) is 8.09. The maximum atomic E-state index is 12.4. The number of pyridine rings is 1. The van der Waals surface area contributed by atoms with Crippen LogP contribution < -0.4 is 10.5 Å². The third-order valence-corrected chi connectivity index (χ3v) is 8.00. The molecule has 2 aromatic heterocycles. The molecule has 0 fully saturated rings. The van der Waals surface area contributed by atoms with E-state index in [1.165, 1.54) is 22.6 Å². The summed E-state index contributed by atoms with van der Waals surface area (Å²) in [5.41, 5.74) is 0. The SMILES string of the molecule is CCN(CC)S(=O)(=O)c1ccc(NCc2ccc(S(N)(=O)=O)s2)nc1. The molecule has 0 aromatic carbocycles. The molecule has 25 heavy (non-hydrogen) atoms. The molecule has 0 amide bonds. The van der Waals surface area contributed by atoms with Crippen molar-refractivity contribution in [1.82, 2.24) is 9.29 Å². The quantitative estimate of drug-likeness (QED) is 0.686. The van der Waals surface area contributed by atoms with Crippen molar-refractivity contribution in [3.8, 4) is 0 Å². The Balaban J connectivity index is 2.07. The van der Waals surface area contributed by atoms with Crippen LogP contribution in [-0.4, -0.2) is 39.2 Å². The molecule has 138 valence electrons. The second-order valence-corrected chi connectivity index (χ2v) is 9.98. The van der Waals surface area contributed by atoms with Crippen LogP contribution in [-0.2, 0) is 26.6 Å². The van der Waals surface area contributed by atoms with Crippen molar-refractivity contribution in [3.05, 3.63) is 35.3 Å². The van der Waals surface area contributed by atoms with Gasteiger partial charge < -0.3 is 5.32 Å². The highest BCUT2D eigenvalue weighted by Crippen LogP contribution is 2.21. The molecule has 0 bridgehead atoms. The van der Waals surface area contributed by atoms with Gasteiger partial charge in [-0.25, -0.2) is 27.0 Å². The Labute approximate surface area is 151 Å². The number of nitrogens with zero attached hydrogens (tertiary/aromatic N) is 2. The molecule has 0 spiro atoms. The van der Waals surface area contributed by atoms with Gasteiger partial charge in [0.25, 0.3) is 0 Å². The van der Waals surface area contributed by atoms with Gasteiger partial charge in [-0.05, 0) is 24.3 Å². The maximum absolute atomic E-state index is 12.4. The monoisotopic (exact) mass is 404 g/mol. The van der Waals surface area contributed by atoms with Crippen LogP contribution in [0.2, 0.25) is 0 Å². The van der Waals surface area contributed by atoms with E-state index in [1.807, 2.05) is 0 Å². The minimum absolute atomic E-state index is 0.0953. The Bertz CT molecular complexity index is 917. The van der Waals surface area contributed by atoms with Crippen molar-refractivity contribution in [2.75, 3.05) is 18.4 Å². The fourth-order valence-electron chi connectivity index (χ4n) is 2.13. The highest BCUT2D eigenvalue weighted by molar-refractivity contribution is 7.91. The second-order valence-electron chi connectivity index (χ2n) is 5.09. The molecular weight excluding hydrogens is 384 g/mol. The van der Waals surface area contributed by atoms with E-state index in [1.54, 1.807) is 26.0 Å². The minimum atomic E-state index is -3.70. The first-order valence-corrected chi connectivity index (χ1v) is 11.3. The summed E-state index contributed by atoms with van der Waals surface area (Å²) < 4.78 is 48.7. The first kappa shape index (κ1) is 19.8. The zero-order chi connectivity index (χ0) is 18.7. The number of thiophene rings is 1. The fraction of sp³-hybridized carbons (Fsp3) is 0.357. The van der Waals surface area contributed by atoms with E-state index in [9.17, 15) is 16.8 Å². The molecular formula is C14H20N4O4S3. The molecule has 0 unspecified atom stereocenters. The third kappa shape index (κ3) is 4.76. The van der Waals surface area contributed by atoms with Crippen LogP contribution in [0.25, 0.3) is 0 Å². The molecule has 0 saturated carbocycles. The summed E-state index contributed by atoms with van der Waals surface area (Å²) in [5.74, 6) is 0.490. The first-order chi connectivity index (χ1) is 11.7. The zero-order valence-electron chi connectivity index (χ0n) is 13.8. The van der Waals surface area contributed by atoms with E-state index in [2.05, 4.69) is 10.3 Å². The Morgan fingerprint density at radius 2 is 1.80 bits per heavy atom. The number of aromatic nitrogens is 1. The molecule has 2 heterocycles. The number of sulfonamides is 2. The number of anilines is 1. The Hall–Kier alpha value is -1.53. The van der Waals surface area contributed by atoms with Crippen molar-refractivity contribution < 1.29 is 16.8 Å². The third-order valence-electron chi connectivity index (χ3n) is 3.44. The molecule has 0 atom stereocenters. The summed E-state index contributed by atoms with van der Waals surface area (Å²) in [4.78, 5) is 5.01. The summed E-state index contributed by atoms with van der Waals surface area (Å²) in [7, 11) is -7.23. The second kappa shape index (κ2) is 7.79. The van der Waals surface area contributed by atoms with Crippen LogP contribution in [0.1, 0.15) is 18.7 Å². The van der Waals surface area contributed by atoms with Gasteiger partial charge in [0, 0.05) is 24.2 Å². The summed E-state index contributed by atoms with van der Waals surface area (Å²) in [6.07, 6.45) is 1.31. The van der Waals surface area contributed by atoms with E-state index in [0.29, 0.717) is 25.5 Å². The summed E-state index contributed by atoms with van der Waals surface area (Å²) in [6.45, 7) is 4.70. The number of hydrogen-bond donors (Lipinski definition) is 2. The van der Waals surface area contributed by atoms with Gasteiger partial charge in [-0.3, -0.25) is 0 Å². The van der Waals surface area contributed by atoms with Crippen LogP contribution in [0.3, 0.4) is 0 Å². The van der Waals surface area contributed by atoms with Crippen molar-refractivity contribution in [2.45, 2.75) is 29.5 Å². The predicted molar refractivity (Wildman–Crippen MR) is 97.4 cm³/mol. The smallest absolute Gasteiger partial charge is 0.247 e. The topological polar surface area (TPSA) is 122 Å². The number of primary sulfonamides is 1. The molecule has 0 aliphatic carbocycles. The van der Waals surface area contributed by atoms with Gasteiger partial charge in [-0.15, -0.1) is 11.3 Å². The van der Waals surface area contributed by atoms with Crippen molar-refractivity contribution in [3.63, 3.8) is 0 Å². The largest absolute Gasteiger partial charge is 0.365 e. The van der Waals surface area contributed by atoms with Gasteiger partial charge in [-0.2, -0.15) is 4.31 Å². The van der Waals surface area contributed by atoms with E-state index in [-0.39, 0.29) is 9.10 Å². The fourth-order valence-corrected chi connectivity index (χ4v) is 5.26. The zero-order valence-corrected chi connectivity index (χ0v) is 16.3. The van der Waals surface area contributed by atoms with Crippen molar-refractivity contribution >= 4 is 37.2 Å². The first-order valence-electron chi connectivity index (χ1n) is 7.50. The van der Waals surface area contributed by atoms with Crippen LogP contribution in [0.5, 0.6) is 0 Å². The van der Waals surface area contributed by atoms with Gasteiger partial charge in [0.15, 0.2) is 0 Å². The van der Waals surface area contributed by atoms with E-state index in [0.717, 1.165) is 16.2 Å². The van der Waals surface area contributed by atoms with E-state index < -0.39 is 20.0 Å². The van der Waals surface area contributed by atoms with Gasteiger partial charge in [0.1, 0.15) is 14.9 Å². The number of nitrogens with two attached hydrogens (primary N) is 1. The average molecular weight is 405 g/mol. The highest BCUT2D eigenvalue weighted by Gasteiger charge is 2.21. The van der Waals surface area contributed by atoms with E-state index in [4.69, 9.17) is 5.14 Å². The molecule has 0 aliphatic rings. The van der Waals surface area contributed by atoms with Crippen LogP contribution in [0.15, 0.2) is 39.6 Å². The predicted octanol–water partition coefficient (Wildman–Crippen LogP) is 1.43. The molecule has 0 saturated heterocycles. The van der Waals surface area contributed by atoms with Gasteiger partial charge in [-0.1, -0.05) is 13.8 Å². The van der Waals surface area contributed by atoms with Gasteiger partial charge in [0.2, 0.25) is 20.0 Å². The molecule has 8 nitrogen and oxygen atoms in total. The number of rotatable bonds is 8. The van der Waals surface area contributed by atoms with Crippen molar-refractivity contribution in [2.24, 2.45) is 5.14 Å². The average Bonchev–Trinajstić information content (AvgIpc) is 3.03. The van der Waals surface area contributed by atoms with Crippen LogP contribution in [0.4, 0.5) is 5.82 Å². The Morgan fingerprint density at radius 3 is 2.28 bits per heavy atom. The summed E-state index contributed by atoms with van der Waals surface area (Å²) >= 11 is 1.07. The van der Waals surface area contributed by atoms with Crippen LogP contribution >= 0.6 is 11.3 Å². The summed E-state index contributed by atoms with van der Waals surface area (Å²) in [6, 6.07) is 6.18. The molecule has 0 aliphatic heterocycles. The van der Waals surface area contributed by atoms with Crippen LogP contribution in [0, 0.1) is 0 Å². The molecule has 2 rings (SSSR count). The lowest BCUT2D eigenvalue weighted by atomic mass is 10.4. The Kier molecular flexibility index (Phi) is 6.16. The molecule has 3 N–H and O–H groups in total. The maximum Gasteiger partial charge on any atom is 0.247 e. The van der Waals surface area contributed by atoms with E-state index >= 15 is 0 Å².